The molecule has 0 radical (unpaired) electrons. The van der Waals surface area contributed by atoms with Gasteiger partial charge in [0.15, 0.2) is 5.76 Å². The van der Waals surface area contributed by atoms with E-state index in [4.69, 9.17) is 4.74 Å². The van der Waals surface area contributed by atoms with Gasteiger partial charge in [-0.15, -0.1) is 0 Å². The smallest absolute Gasteiger partial charge is 0.222 e. The molecule has 15 heavy (non-hydrogen) atoms. The van der Waals surface area contributed by atoms with Crippen molar-refractivity contribution < 1.29 is 9.53 Å². The molecule has 0 aromatic carbocycles. The number of allylic oxidation sites excluding steroid dienone is 2. The first-order valence-corrected chi connectivity index (χ1v) is 5.40. The second kappa shape index (κ2) is 5.74. The summed E-state index contributed by atoms with van der Waals surface area (Å²) in [7, 11) is 0. The second-order valence-corrected chi connectivity index (χ2v) is 4.57. The zero-order valence-corrected chi connectivity index (χ0v) is 10.5. The fourth-order valence-corrected chi connectivity index (χ4v) is 1.27. The van der Waals surface area contributed by atoms with Gasteiger partial charge in [0.1, 0.15) is 0 Å². The number of carbonyl (C=O) groups excluding carboxylic acids is 1. The lowest BCUT2D eigenvalue weighted by atomic mass is 9.91. The number of Topliss-reactive ketones (excluding diaryl/α,β-unsaturated/α-hetero) is 1. The predicted molar refractivity (Wildman–Crippen MR) is 63.6 cm³/mol. The summed E-state index contributed by atoms with van der Waals surface area (Å²) in [6, 6.07) is 0. The molecule has 0 spiro atoms. The maximum absolute atomic E-state index is 11.8. The third-order valence-electron chi connectivity index (χ3n) is 1.85. The SMILES string of the molecule is C=C(OCC)C(=O)/C(=C/C(C)(C)C)CC. The summed E-state index contributed by atoms with van der Waals surface area (Å²) in [5, 5.41) is 0. The van der Waals surface area contributed by atoms with Gasteiger partial charge >= 0.3 is 0 Å². The van der Waals surface area contributed by atoms with Crippen LogP contribution in [0.4, 0.5) is 0 Å². The van der Waals surface area contributed by atoms with E-state index in [0.717, 1.165) is 5.57 Å². The summed E-state index contributed by atoms with van der Waals surface area (Å²) in [5.74, 6) is 0.170. The van der Waals surface area contributed by atoms with E-state index >= 15 is 0 Å². The quantitative estimate of drug-likeness (QED) is 0.513. The number of hydrogen-bond donors (Lipinski definition) is 0. The van der Waals surface area contributed by atoms with E-state index < -0.39 is 0 Å². The van der Waals surface area contributed by atoms with E-state index in [2.05, 4.69) is 27.4 Å². The van der Waals surface area contributed by atoms with Crippen molar-refractivity contribution in [1.82, 2.24) is 0 Å². The van der Waals surface area contributed by atoms with Gasteiger partial charge in [0.2, 0.25) is 5.78 Å². The van der Waals surface area contributed by atoms with E-state index in [9.17, 15) is 4.79 Å². The third-order valence-corrected chi connectivity index (χ3v) is 1.85. The molecule has 0 aliphatic carbocycles. The first-order valence-electron chi connectivity index (χ1n) is 5.40. The maximum atomic E-state index is 11.8. The first kappa shape index (κ1) is 13.9. The summed E-state index contributed by atoms with van der Waals surface area (Å²) in [6.45, 7) is 14.1. The van der Waals surface area contributed by atoms with E-state index in [1.165, 1.54) is 0 Å². The molecule has 0 saturated carbocycles. The molecule has 0 heterocycles. The number of hydrogen-bond acceptors (Lipinski definition) is 2. The zero-order valence-electron chi connectivity index (χ0n) is 10.5. The van der Waals surface area contributed by atoms with E-state index in [0.29, 0.717) is 13.0 Å². The van der Waals surface area contributed by atoms with Crippen LogP contribution >= 0.6 is 0 Å². The molecule has 2 nitrogen and oxygen atoms in total. The van der Waals surface area contributed by atoms with Crippen LogP contribution in [0.25, 0.3) is 0 Å². The summed E-state index contributed by atoms with van der Waals surface area (Å²) in [6.07, 6.45) is 2.70. The molecule has 86 valence electrons. The van der Waals surface area contributed by atoms with E-state index in [-0.39, 0.29) is 17.0 Å². The van der Waals surface area contributed by atoms with Gasteiger partial charge in [0.25, 0.3) is 0 Å². The number of ether oxygens (including phenoxy) is 1. The van der Waals surface area contributed by atoms with Crippen molar-refractivity contribution in [2.75, 3.05) is 6.61 Å². The Morgan fingerprint density at radius 2 is 1.87 bits per heavy atom. The highest BCUT2D eigenvalue weighted by molar-refractivity contribution is 6.06. The molecule has 0 aromatic rings. The number of rotatable bonds is 5. The van der Waals surface area contributed by atoms with Gasteiger partial charge in [0, 0.05) is 0 Å². The molecule has 0 bridgehead atoms. The van der Waals surface area contributed by atoms with Gasteiger partial charge in [-0.1, -0.05) is 40.3 Å². The largest absolute Gasteiger partial charge is 0.490 e. The van der Waals surface area contributed by atoms with Crippen LogP contribution in [-0.4, -0.2) is 12.4 Å². The third kappa shape index (κ3) is 5.40. The Hall–Kier alpha value is -1.05. The van der Waals surface area contributed by atoms with Gasteiger partial charge < -0.3 is 4.74 Å². The molecule has 0 aromatic heterocycles. The van der Waals surface area contributed by atoms with Crippen LogP contribution in [0, 0.1) is 5.41 Å². The molecule has 0 unspecified atom stereocenters. The lowest BCUT2D eigenvalue weighted by Gasteiger charge is -2.15. The Morgan fingerprint density at radius 1 is 1.33 bits per heavy atom. The summed E-state index contributed by atoms with van der Waals surface area (Å²) >= 11 is 0. The van der Waals surface area contributed by atoms with Crippen LogP contribution in [0.2, 0.25) is 0 Å². The number of carbonyl (C=O) groups is 1. The highest BCUT2D eigenvalue weighted by Gasteiger charge is 2.16. The molecule has 0 aliphatic rings. The van der Waals surface area contributed by atoms with Crippen LogP contribution in [0.5, 0.6) is 0 Å². The van der Waals surface area contributed by atoms with Gasteiger partial charge in [-0.3, -0.25) is 4.79 Å². The highest BCUT2D eigenvalue weighted by Crippen LogP contribution is 2.21. The average Bonchev–Trinajstić information content (AvgIpc) is 2.12. The number of ketones is 1. The van der Waals surface area contributed by atoms with Crippen molar-refractivity contribution in [3.05, 3.63) is 24.0 Å². The standard InChI is InChI=1S/C13H22O2/c1-7-11(9-13(4,5)6)12(14)10(3)15-8-2/h9H,3,7-8H2,1-2,4-6H3/b11-9+. The highest BCUT2D eigenvalue weighted by atomic mass is 16.5. The molecule has 0 aliphatic heterocycles. The Balaban J connectivity index is 4.77. The maximum Gasteiger partial charge on any atom is 0.222 e. The second-order valence-electron chi connectivity index (χ2n) is 4.57. The van der Waals surface area contributed by atoms with Gasteiger partial charge in [-0.2, -0.15) is 0 Å². The van der Waals surface area contributed by atoms with Crippen LogP contribution < -0.4 is 0 Å². The topological polar surface area (TPSA) is 26.3 Å². The Labute approximate surface area is 93.0 Å². The van der Waals surface area contributed by atoms with Crippen molar-refractivity contribution in [3.63, 3.8) is 0 Å². The monoisotopic (exact) mass is 210 g/mol. The molecule has 0 rings (SSSR count). The minimum atomic E-state index is -0.0747. The zero-order chi connectivity index (χ0) is 12.1. The minimum absolute atomic E-state index is 0.00744. The summed E-state index contributed by atoms with van der Waals surface area (Å²) in [4.78, 5) is 11.8. The fourth-order valence-electron chi connectivity index (χ4n) is 1.27. The molecule has 0 atom stereocenters. The van der Waals surface area contributed by atoms with Crippen molar-refractivity contribution in [2.45, 2.75) is 41.0 Å². The summed E-state index contributed by atoms with van der Waals surface area (Å²) in [5.41, 5.74) is 0.786. The lowest BCUT2D eigenvalue weighted by molar-refractivity contribution is -0.115. The van der Waals surface area contributed by atoms with Gasteiger partial charge in [0.05, 0.1) is 6.61 Å². The van der Waals surface area contributed by atoms with Gasteiger partial charge in [-0.05, 0) is 24.3 Å². The summed E-state index contributed by atoms with van der Waals surface area (Å²) < 4.78 is 5.12. The van der Waals surface area contributed by atoms with Crippen LogP contribution in [0.1, 0.15) is 41.0 Å². The molecule has 0 N–H and O–H groups in total. The molecule has 0 saturated heterocycles. The normalized spacial score (nSPS) is 12.5. The predicted octanol–water partition coefficient (Wildman–Crippen LogP) is 3.49. The molecule has 2 heteroatoms. The van der Waals surface area contributed by atoms with Gasteiger partial charge in [-0.25, -0.2) is 0 Å². The molecular formula is C13H22O2. The van der Waals surface area contributed by atoms with Crippen LogP contribution in [-0.2, 0) is 9.53 Å². The Morgan fingerprint density at radius 3 is 2.20 bits per heavy atom. The lowest BCUT2D eigenvalue weighted by Crippen LogP contribution is -2.11. The van der Waals surface area contributed by atoms with Crippen molar-refractivity contribution >= 4 is 5.78 Å². The van der Waals surface area contributed by atoms with Crippen molar-refractivity contribution in [2.24, 2.45) is 5.41 Å². The van der Waals surface area contributed by atoms with E-state index in [1.54, 1.807) is 0 Å². The molecule has 0 fully saturated rings. The fraction of sp³-hybridized carbons (Fsp3) is 0.615. The van der Waals surface area contributed by atoms with E-state index in [1.807, 2.05) is 19.9 Å². The van der Waals surface area contributed by atoms with Crippen molar-refractivity contribution in [3.8, 4) is 0 Å². The first-order chi connectivity index (χ1) is 6.81. The Kier molecular flexibility index (Phi) is 5.34. The minimum Gasteiger partial charge on any atom is -0.490 e. The Bertz CT molecular complexity index is 267. The van der Waals surface area contributed by atoms with Crippen molar-refractivity contribution in [1.29, 1.82) is 0 Å². The molecular weight excluding hydrogens is 188 g/mol. The van der Waals surface area contributed by atoms with Crippen LogP contribution in [0.3, 0.4) is 0 Å². The van der Waals surface area contributed by atoms with Crippen LogP contribution in [0.15, 0.2) is 24.0 Å². The molecule has 0 amide bonds. The average molecular weight is 210 g/mol.